The van der Waals surface area contributed by atoms with Gasteiger partial charge in [0.1, 0.15) is 0 Å². The molecule has 0 saturated heterocycles. The summed E-state index contributed by atoms with van der Waals surface area (Å²) in [5.74, 6) is -0.511. The topological polar surface area (TPSA) is 84.2 Å². The first-order chi connectivity index (χ1) is 16.4. The first-order valence-corrected chi connectivity index (χ1v) is 11.9. The number of hydrogen-bond donors (Lipinski definition) is 2. The summed E-state index contributed by atoms with van der Waals surface area (Å²) in [7, 11) is 0. The number of carbonyl (C=O) groups is 1. The van der Waals surface area contributed by atoms with Gasteiger partial charge in [0, 0.05) is 12.1 Å². The number of rotatable bonds is 7. The van der Waals surface area contributed by atoms with Gasteiger partial charge in [0.2, 0.25) is 11.8 Å². The van der Waals surface area contributed by atoms with E-state index >= 15 is 0 Å². The van der Waals surface area contributed by atoms with Gasteiger partial charge in [-0.15, -0.1) is 0 Å². The van der Waals surface area contributed by atoms with Crippen molar-refractivity contribution in [2.24, 2.45) is 0 Å². The molecule has 0 atom stereocenters. The van der Waals surface area contributed by atoms with Gasteiger partial charge in [0.15, 0.2) is 5.16 Å². The molecule has 0 aliphatic rings. The molecule has 1 aromatic heterocycles. The highest BCUT2D eigenvalue weighted by molar-refractivity contribution is 7.99. The van der Waals surface area contributed by atoms with Gasteiger partial charge in [-0.1, -0.05) is 78.5 Å². The number of carbonyl (C=O) groups excluding carboxylic acids is 1. The molecular formula is C27H25N3O3S. The van der Waals surface area contributed by atoms with E-state index in [0.29, 0.717) is 5.69 Å². The average Bonchev–Trinajstić information content (AvgIpc) is 2.83. The van der Waals surface area contributed by atoms with E-state index < -0.39 is 0 Å². The second-order valence-electron chi connectivity index (χ2n) is 7.94. The Hall–Kier alpha value is -3.84. The Morgan fingerprint density at radius 1 is 0.941 bits per heavy atom. The van der Waals surface area contributed by atoms with Crippen molar-refractivity contribution in [3.63, 3.8) is 0 Å². The van der Waals surface area contributed by atoms with Gasteiger partial charge in [-0.2, -0.15) is 4.98 Å². The Labute approximate surface area is 202 Å². The molecule has 7 heteroatoms. The summed E-state index contributed by atoms with van der Waals surface area (Å²) >= 11 is 1.11. The van der Waals surface area contributed by atoms with E-state index in [-0.39, 0.29) is 40.2 Å². The van der Waals surface area contributed by atoms with Crippen molar-refractivity contribution in [2.75, 3.05) is 11.1 Å². The number of aromatic hydroxyl groups is 1. The highest BCUT2D eigenvalue weighted by Crippen LogP contribution is 2.25. The van der Waals surface area contributed by atoms with Crippen LogP contribution in [0.25, 0.3) is 5.69 Å². The van der Waals surface area contributed by atoms with Crippen molar-refractivity contribution in [1.29, 1.82) is 0 Å². The molecule has 3 aromatic carbocycles. The van der Waals surface area contributed by atoms with Crippen LogP contribution in [0.4, 0.5) is 5.69 Å². The van der Waals surface area contributed by atoms with Crippen LogP contribution < -0.4 is 10.9 Å². The molecule has 4 rings (SSSR count). The number of benzene rings is 3. The van der Waals surface area contributed by atoms with Gasteiger partial charge in [0.05, 0.1) is 17.0 Å². The monoisotopic (exact) mass is 471 g/mol. The lowest BCUT2D eigenvalue weighted by atomic mass is 10.1. The number of nitrogens with one attached hydrogen (secondary N) is 1. The standard InChI is InChI=1S/C27H25N3O3S/c1-18-10-6-8-14-22(18)28-24(31)17-34-27-29-25(32)21(16-20-12-4-3-5-13-20)26(33)30(27)23-15-9-7-11-19(23)2/h3-15,32H,16-17H2,1-2H3,(H,28,31). The Bertz CT molecular complexity index is 1380. The number of aryl methyl sites for hydroxylation is 2. The predicted octanol–water partition coefficient (Wildman–Crippen LogP) is 4.88. The van der Waals surface area contributed by atoms with Gasteiger partial charge >= 0.3 is 0 Å². The lowest BCUT2D eigenvalue weighted by Crippen LogP contribution is -2.26. The number of aromatic nitrogens is 2. The second kappa shape index (κ2) is 10.4. The minimum atomic E-state index is -0.354. The molecule has 172 valence electrons. The molecule has 0 spiro atoms. The maximum absolute atomic E-state index is 13.6. The zero-order chi connectivity index (χ0) is 24.1. The van der Waals surface area contributed by atoms with E-state index in [2.05, 4.69) is 10.3 Å². The van der Waals surface area contributed by atoms with Crippen molar-refractivity contribution >= 4 is 23.4 Å². The quantitative estimate of drug-likeness (QED) is 0.297. The summed E-state index contributed by atoms with van der Waals surface area (Å²) in [6.07, 6.45) is 0.253. The maximum Gasteiger partial charge on any atom is 0.266 e. The van der Waals surface area contributed by atoms with Crippen LogP contribution in [-0.4, -0.2) is 26.3 Å². The van der Waals surface area contributed by atoms with E-state index in [1.165, 1.54) is 4.57 Å². The predicted molar refractivity (Wildman–Crippen MR) is 136 cm³/mol. The van der Waals surface area contributed by atoms with Crippen LogP contribution >= 0.6 is 11.8 Å². The van der Waals surface area contributed by atoms with Gasteiger partial charge in [-0.25, -0.2) is 0 Å². The molecule has 0 unspecified atom stereocenters. The van der Waals surface area contributed by atoms with Crippen LogP contribution in [0.5, 0.6) is 5.88 Å². The summed E-state index contributed by atoms with van der Waals surface area (Å²) in [6.45, 7) is 3.83. The zero-order valence-electron chi connectivity index (χ0n) is 19.0. The first kappa shape index (κ1) is 23.3. The summed E-state index contributed by atoms with van der Waals surface area (Å²) in [5, 5.41) is 13.8. The van der Waals surface area contributed by atoms with Crippen molar-refractivity contribution in [3.05, 3.63) is 111 Å². The minimum absolute atomic E-state index is 0.0319. The highest BCUT2D eigenvalue weighted by atomic mass is 32.2. The van der Waals surface area contributed by atoms with Crippen molar-refractivity contribution in [1.82, 2.24) is 9.55 Å². The van der Waals surface area contributed by atoms with Crippen molar-refractivity contribution < 1.29 is 9.90 Å². The van der Waals surface area contributed by atoms with E-state index in [1.54, 1.807) is 0 Å². The Kier molecular flexibility index (Phi) is 7.13. The van der Waals surface area contributed by atoms with Crippen molar-refractivity contribution in [2.45, 2.75) is 25.4 Å². The zero-order valence-corrected chi connectivity index (χ0v) is 19.8. The molecule has 34 heavy (non-hydrogen) atoms. The summed E-state index contributed by atoms with van der Waals surface area (Å²) in [5.41, 5.74) is 3.99. The van der Waals surface area contributed by atoms with Crippen LogP contribution in [0.3, 0.4) is 0 Å². The highest BCUT2D eigenvalue weighted by Gasteiger charge is 2.20. The molecule has 4 aromatic rings. The first-order valence-electron chi connectivity index (χ1n) is 10.9. The van der Waals surface area contributed by atoms with Crippen molar-refractivity contribution in [3.8, 4) is 11.6 Å². The fourth-order valence-corrected chi connectivity index (χ4v) is 4.43. The third-order valence-electron chi connectivity index (χ3n) is 5.46. The molecule has 1 heterocycles. The van der Waals surface area contributed by atoms with Gasteiger partial charge in [-0.3, -0.25) is 14.2 Å². The Balaban J connectivity index is 1.69. The number of para-hydroxylation sites is 2. The van der Waals surface area contributed by atoms with E-state index in [9.17, 15) is 14.7 Å². The Morgan fingerprint density at radius 2 is 1.59 bits per heavy atom. The van der Waals surface area contributed by atoms with Crippen LogP contribution in [0.15, 0.2) is 88.8 Å². The van der Waals surface area contributed by atoms with Crippen LogP contribution in [-0.2, 0) is 11.2 Å². The average molecular weight is 472 g/mol. The van der Waals surface area contributed by atoms with Gasteiger partial charge in [-0.05, 0) is 42.7 Å². The van der Waals surface area contributed by atoms with Gasteiger partial charge in [0.25, 0.3) is 5.56 Å². The molecule has 0 bridgehead atoms. The van der Waals surface area contributed by atoms with Crippen LogP contribution in [0.2, 0.25) is 0 Å². The molecule has 0 fully saturated rings. The fourth-order valence-electron chi connectivity index (χ4n) is 3.63. The van der Waals surface area contributed by atoms with E-state index in [0.717, 1.165) is 34.1 Å². The Morgan fingerprint density at radius 3 is 2.29 bits per heavy atom. The van der Waals surface area contributed by atoms with Crippen LogP contribution in [0, 0.1) is 13.8 Å². The SMILES string of the molecule is Cc1ccccc1NC(=O)CSc1nc(O)c(Cc2ccccc2)c(=O)n1-c1ccccc1C. The lowest BCUT2D eigenvalue weighted by Gasteiger charge is -2.16. The van der Waals surface area contributed by atoms with E-state index in [1.807, 2.05) is 92.7 Å². The number of nitrogens with zero attached hydrogens (tertiary/aromatic N) is 2. The summed E-state index contributed by atoms with van der Waals surface area (Å²) in [6, 6.07) is 24.5. The number of amides is 1. The molecular weight excluding hydrogens is 446 g/mol. The summed E-state index contributed by atoms with van der Waals surface area (Å²) in [4.78, 5) is 30.6. The number of thioether (sulfide) groups is 1. The largest absolute Gasteiger partial charge is 0.493 e. The molecule has 6 nitrogen and oxygen atoms in total. The molecule has 0 aliphatic heterocycles. The summed E-state index contributed by atoms with van der Waals surface area (Å²) < 4.78 is 1.49. The molecule has 0 saturated carbocycles. The normalized spacial score (nSPS) is 10.8. The smallest absolute Gasteiger partial charge is 0.266 e. The third-order valence-corrected chi connectivity index (χ3v) is 6.39. The maximum atomic E-state index is 13.6. The lowest BCUT2D eigenvalue weighted by molar-refractivity contribution is -0.113. The minimum Gasteiger partial charge on any atom is -0.493 e. The molecule has 0 radical (unpaired) electrons. The number of anilines is 1. The van der Waals surface area contributed by atoms with Gasteiger partial charge < -0.3 is 10.4 Å². The second-order valence-corrected chi connectivity index (χ2v) is 8.88. The fraction of sp³-hybridized carbons (Fsp3) is 0.148. The molecule has 1 amide bonds. The van der Waals surface area contributed by atoms with Crippen LogP contribution in [0.1, 0.15) is 22.3 Å². The molecule has 2 N–H and O–H groups in total. The number of hydrogen-bond acceptors (Lipinski definition) is 5. The van der Waals surface area contributed by atoms with E-state index in [4.69, 9.17) is 0 Å². The molecule has 0 aliphatic carbocycles. The third kappa shape index (κ3) is 5.21.